The molecule has 0 unspecified atom stereocenters. The van der Waals surface area contributed by atoms with Gasteiger partial charge in [0.25, 0.3) is 5.91 Å². The number of carbonyl (C=O) groups is 2. The summed E-state index contributed by atoms with van der Waals surface area (Å²) in [5.41, 5.74) is 5.35. The third-order valence-corrected chi connectivity index (χ3v) is 6.91. The number of hydrogen-bond donors (Lipinski definition) is 0. The highest BCUT2D eigenvalue weighted by Gasteiger charge is 2.43. The minimum absolute atomic E-state index is 0.0356. The molecule has 3 aromatic rings. The number of carbonyl (C=O) groups excluding carboxylic acids is 2. The first kappa shape index (κ1) is 20.5. The number of hydrogen-bond acceptors (Lipinski definition) is 3. The molecule has 3 aromatic carbocycles. The Morgan fingerprint density at radius 1 is 0.875 bits per heavy atom. The lowest BCUT2D eigenvalue weighted by molar-refractivity contribution is -0.00575. The number of likely N-dealkylation sites (tertiary alicyclic amines) is 1. The Bertz CT molecular complexity index is 1170. The number of amides is 1. The average Bonchev–Trinajstić information content (AvgIpc) is 2.81. The molecule has 0 aromatic heterocycles. The first-order valence-electron chi connectivity index (χ1n) is 11.2. The summed E-state index contributed by atoms with van der Waals surface area (Å²) >= 11 is 0. The van der Waals surface area contributed by atoms with Gasteiger partial charge in [-0.1, -0.05) is 42.5 Å². The van der Waals surface area contributed by atoms with E-state index < -0.39 is 5.60 Å². The van der Waals surface area contributed by atoms with Gasteiger partial charge >= 0.3 is 0 Å². The molecule has 4 nitrogen and oxygen atoms in total. The van der Waals surface area contributed by atoms with Gasteiger partial charge in [-0.05, 0) is 60.4 Å². The molecule has 162 valence electrons. The van der Waals surface area contributed by atoms with Gasteiger partial charge in [-0.2, -0.15) is 0 Å². The SMILES string of the molecule is Cc1cc2c(cc1C)C(=O)CC1(CCN(C(=O)c3ccc(-c4ccccc4)cc3)CC1)O2. The van der Waals surface area contributed by atoms with Gasteiger partial charge in [-0.3, -0.25) is 9.59 Å². The van der Waals surface area contributed by atoms with E-state index in [9.17, 15) is 9.59 Å². The standard InChI is InChI=1S/C28H27NO3/c1-19-16-24-25(30)18-28(32-26(24)17-20(19)2)12-14-29(15-13-28)27(31)23-10-8-22(9-11-23)21-6-4-3-5-7-21/h3-11,16-17H,12-15,18H2,1-2H3. The van der Waals surface area contributed by atoms with Crippen molar-refractivity contribution in [3.05, 3.63) is 89.0 Å². The largest absolute Gasteiger partial charge is 0.486 e. The molecule has 0 N–H and O–H groups in total. The quantitative estimate of drug-likeness (QED) is 0.536. The van der Waals surface area contributed by atoms with Gasteiger partial charge in [0.2, 0.25) is 0 Å². The molecule has 32 heavy (non-hydrogen) atoms. The van der Waals surface area contributed by atoms with E-state index in [1.165, 1.54) is 0 Å². The minimum Gasteiger partial charge on any atom is -0.486 e. The van der Waals surface area contributed by atoms with Crippen molar-refractivity contribution in [1.82, 2.24) is 4.90 Å². The van der Waals surface area contributed by atoms with E-state index in [-0.39, 0.29) is 11.7 Å². The molecule has 0 saturated carbocycles. The lowest BCUT2D eigenvalue weighted by atomic mass is 9.81. The second kappa shape index (κ2) is 7.94. The number of rotatable bonds is 2. The van der Waals surface area contributed by atoms with Crippen molar-refractivity contribution >= 4 is 11.7 Å². The molecule has 5 rings (SSSR count). The Hall–Kier alpha value is -3.40. The van der Waals surface area contributed by atoms with Crippen LogP contribution in [0.5, 0.6) is 5.75 Å². The van der Waals surface area contributed by atoms with Crippen LogP contribution in [0.1, 0.15) is 51.1 Å². The van der Waals surface area contributed by atoms with Crippen LogP contribution >= 0.6 is 0 Å². The zero-order valence-corrected chi connectivity index (χ0v) is 18.6. The van der Waals surface area contributed by atoms with E-state index in [4.69, 9.17) is 4.74 Å². The smallest absolute Gasteiger partial charge is 0.253 e. The van der Waals surface area contributed by atoms with Crippen LogP contribution in [-0.2, 0) is 0 Å². The zero-order chi connectivity index (χ0) is 22.3. The fourth-order valence-corrected chi connectivity index (χ4v) is 4.76. The van der Waals surface area contributed by atoms with Gasteiger partial charge in [0.05, 0.1) is 12.0 Å². The van der Waals surface area contributed by atoms with Crippen molar-refractivity contribution in [1.29, 1.82) is 0 Å². The number of fused-ring (bicyclic) bond motifs is 1. The Kier molecular flexibility index (Phi) is 5.09. The van der Waals surface area contributed by atoms with Crippen molar-refractivity contribution in [2.45, 2.75) is 38.7 Å². The van der Waals surface area contributed by atoms with Crippen LogP contribution in [0.2, 0.25) is 0 Å². The fraction of sp³-hybridized carbons (Fsp3) is 0.286. The van der Waals surface area contributed by atoms with E-state index in [1.807, 2.05) is 73.3 Å². The summed E-state index contributed by atoms with van der Waals surface area (Å²) in [7, 11) is 0. The van der Waals surface area contributed by atoms with Crippen molar-refractivity contribution in [2.75, 3.05) is 13.1 Å². The lowest BCUT2D eigenvalue weighted by Gasteiger charge is -2.44. The summed E-state index contributed by atoms with van der Waals surface area (Å²) in [5, 5.41) is 0. The van der Waals surface area contributed by atoms with Gasteiger partial charge in [0.1, 0.15) is 11.4 Å². The molecule has 1 saturated heterocycles. The molecule has 0 bridgehead atoms. The number of benzene rings is 3. The summed E-state index contributed by atoms with van der Waals surface area (Å²) in [6, 6.07) is 21.9. The number of ether oxygens (including phenoxy) is 1. The minimum atomic E-state index is -0.500. The van der Waals surface area contributed by atoms with Crippen LogP contribution in [0.15, 0.2) is 66.7 Å². The second-order valence-electron chi connectivity index (χ2n) is 9.05. The van der Waals surface area contributed by atoms with Crippen molar-refractivity contribution < 1.29 is 14.3 Å². The summed E-state index contributed by atoms with van der Waals surface area (Å²) in [6.45, 7) is 5.23. The van der Waals surface area contributed by atoms with Crippen LogP contribution in [0.4, 0.5) is 0 Å². The molecule has 2 aliphatic heterocycles. The molecule has 0 atom stereocenters. The van der Waals surface area contributed by atoms with Crippen LogP contribution < -0.4 is 4.74 Å². The van der Waals surface area contributed by atoms with Gasteiger partial charge in [0.15, 0.2) is 5.78 Å². The summed E-state index contributed by atoms with van der Waals surface area (Å²) < 4.78 is 6.41. The maximum absolute atomic E-state index is 13.1. The number of aryl methyl sites for hydroxylation is 2. The predicted octanol–water partition coefficient (Wildman–Crippen LogP) is 5.61. The van der Waals surface area contributed by atoms with Crippen molar-refractivity contribution in [2.24, 2.45) is 0 Å². The van der Waals surface area contributed by atoms with E-state index in [2.05, 4.69) is 12.1 Å². The molecule has 1 fully saturated rings. The number of nitrogens with zero attached hydrogens (tertiary/aromatic N) is 1. The maximum atomic E-state index is 13.1. The van der Waals surface area contributed by atoms with Crippen LogP contribution in [0.3, 0.4) is 0 Å². The molecule has 0 radical (unpaired) electrons. The van der Waals surface area contributed by atoms with E-state index in [0.717, 1.165) is 22.3 Å². The number of ketones is 1. The molecular weight excluding hydrogens is 398 g/mol. The molecule has 2 aliphatic rings. The first-order valence-corrected chi connectivity index (χ1v) is 11.2. The highest BCUT2D eigenvalue weighted by Crippen LogP contribution is 2.40. The Morgan fingerprint density at radius 3 is 2.19 bits per heavy atom. The Labute approximate surface area is 188 Å². The maximum Gasteiger partial charge on any atom is 0.253 e. The van der Waals surface area contributed by atoms with Gasteiger partial charge in [-0.25, -0.2) is 0 Å². The van der Waals surface area contributed by atoms with Crippen LogP contribution in [0, 0.1) is 13.8 Å². The van der Waals surface area contributed by atoms with Crippen LogP contribution in [-0.4, -0.2) is 35.3 Å². The molecule has 2 heterocycles. The predicted molar refractivity (Wildman–Crippen MR) is 125 cm³/mol. The van der Waals surface area contributed by atoms with Gasteiger partial charge in [0, 0.05) is 31.5 Å². The van der Waals surface area contributed by atoms with Crippen LogP contribution in [0.25, 0.3) is 11.1 Å². The molecule has 4 heteroatoms. The van der Waals surface area contributed by atoms with Gasteiger partial charge in [-0.15, -0.1) is 0 Å². The third kappa shape index (κ3) is 3.70. The van der Waals surface area contributed by atoms with Gasteiger partial charge < -0.3 is 9.64 Å². The first-order chi connectivity index (χ1) is 15.4. The Balaban J connectivity index is 1.28. The summed E-state index contributed by atoms with van der Waals surface area (Å²) in [6.07, 6.45) is 1.72. The molecular formula is C28H27NO3. The topological polar surface area (TPSA) is 46.6 Å². The normalized spacial score (nSPS) is 17.1. The number of Topliss-reactive ketones (excluding diaryl/α,β-unsaturated/α-hetero) is 1. The van der Waals surface area contributed by atoms with E-state index in [0.29, 0.717) is 49.2 Å². The van der Waals surface area contributed by atoms with Crippen molar-refractivity contribution in [3.63, 3.8) is 0 Å². The van der Waals surface area contributed by atoms with Crippen molar-refractivity contribution in [3.8, 4) is 16.9 Å². The lowest BCUT2D eigenvalue weighted by Crippen LogP contribution is -2.52. The molecule has 1 spiro atoms. The fourth-order valence-electron chi connectivity index (χ4n) is 4.76. The molecule has 1 amide bonds. The Morgan fingerprint density at radius 2 is 1.50 bits per heavy atom. The zero-order valence-electron chi connectivity index (χ0n) is 18.6. The number of piperidine rings is 1. The average molecular weight is 426 g/mol. The van der Waals surface area contributed by atoms with E-state index >= 15 is 0 Å². The highest BCUT2D eigenvalue weighted by atomic mass is 16.5. The second-order valence-corrected chi connectivity index (χ2v) is 9.05. The monoisotopic (exact) mass is 425 g/mol. The highest BCUT2D eigenvalue weighted by molar-refractivity contribution is 6.01. The molecule has 0 aliphatic carbocycles. The summed E-state index contributed by atoms with van der Waals surface area (Å²) in [5.74, 6) is 0.875. The van der Waals surface area contributed by atoms with E-state index in [1.54, 1.807) is 0 Å². The summed E-state index contributed by atoms with van der Waals surface area (Å²) in [4.78, 5) is 27.8. The third-order valence-electron chi connectivity index (χ3n) is 6.91.